The van der Waals surface area contributed by atoms with E-state index in [0.29, 0.717) is 18.6 Å². The number of ether oxygens (including phenoxy) is 1. The van der Waals surface area contributed by atoms with Crippen molar-refractivity contribution in [1.29, 1.82) is 0 Å². The van der Waals surface area contributed by atoms with Gasteiger partial charge < -0.3 is 15.4 Å². The number of hydrogen-bond acceptors (Lipinski definition) is 3. The molecule has 0 saturated carbocycles. The van der Waals surface area contributed by atoms with Crippen LogP contribution < -0.4 is 10.6 Å². The SMILES string of the molecule is O=C1N[C@H]2CCNC[C@H]2CO1. The Balaban J connectivity index is 1.98. The molecule has 11 heavy (non-hydrogen) atoms. The molecule has 0 spiro atoms. The van der Waals surface area contributed by atoms with Crippen LogP contribution >= 0.6 is 0 Å². The smallest absolute Gasteiger partial charge is 0.407 e. The van der Waals surface area contributed by atoms with Crippen molar-refractivity contribution in [2.45, 2.75) is 12.5 Å². The molecule has 2 N–H and O–H groups in total. The summed E-state index contributed by atoms with van der Waals surface area (Å²) in [6, 6.07) is 0.345. The Morgan fingerprint density at radius 2 is 2.45 bits per heavy atom. The molecule has 4 nitrogen and oxygen atoms in total. The third-order valence-corrected chi connectivity index (χ3v) is 2.34. The third kappa shape index (κ3) is 1.30. The fourth-order valence-corrected chi connectivity index (χ4v) is 1.66. The van der Waals surface area contributed by atoms with Gasteiger partial charge in [0.1, 0.15) is 0 Å². The molecule has 0 bridgehead atoms. The molecule has 2 aliphatic rings. The van der Waals surface area contributed by atoms with Crippen LogP contribution in [-0.4, -0.2) is 31.8 Å². The van der Waals surface area contributed by atoms with Crippen LogP contribution in [-0.2, 0) is 4.74 Å². The molecular weight excluding hydrogens is 144 g/mol. The molecule has 2 atom stereocenters. The first-order valence-electron chi connectivity index (χ1n) is 4.00. The molecule has 0 aromatic heterocycles. The highest BCUT2D eigenvalue weighted by Gasteiger charge is 2.31. The average Bonchev–Trinajstić information content (AvgIpc) is 2.04. The van der Waals surface area contributed by atoms with Crippen LogP contribution in [0.4, 0.5) is 4.79 Å². The van der Waals surface area contributed by atoms with Crippen LogP contribution in [0.15, 0.2) is 0 Å². The van der Waals surface area contributed by atoms with Gasteiger partial charge in [0.15, 0.2) is 0 Å². The van der Waals surface area contributed by atoms with Crippen LogP contribution in [0.5, 0.6) is 0 Å². The Morgan fingerprint density at radius 3 is 3.36 bits per heavy atom. The lowest BCUT2D eigenvalue weighted by molar-refractivity contribution is 0.0703. The van der Waals surface area contributed by atoms with Gasteiger partial charge in [-0.15, -0.1) is 0 Å². The lowest BCUT2D eigenvalue weighted by Gasteiger charge is -2.35. The Hall–Kier alpha value is -0.770. The van der Waals surface area contributed by atoms with Gasteiger partial charge in [0.2, 0.25) is 0 Å². The standard InChI is InChI=1S/C7H12N2O2/c10-7-9-6-1-2-8-3-5(6)4-11-7/h5-6,8H,1-4H2,(H,9,10)/t5-,6-/m0/s1. The molecule has 0 radical (unpaired) electrons. The van der Waals surface area contributed by atoms with E-state index >= 15 is 0 Å². The summed E-state index contributed by atoms with van der Waals surface area (Å²) >= 11 is 0. The highest BCUT2D eigenvalue weighted by Crippen LogP contribution is 2.15. The third-order valence-electron chi connectivity index (χ3n) is 2.34. The van der Waals surface area contributed by atoms with Crippen LogP contribution in [0.3, 0.4) is 0 Å². The number of carbonyl (C=O) groups excluding carboxylic acids is 1. The van der Waals surface area contributed by atoms with Crippen LogP contribution in [0, 0.1) is 5.92 Å². The van der Waals surface area contributed by atoms with E-state index in [9.17, 15) is 4.79 Å². The summed E-state index contributed by atoms with van der Waals surface area (Å²) in [5.41, 5.74) is 0. The predicted molar refractivity (Wildman–Crippen MR) is 39.2 cm³/mol. The van der Waals surface area contributed by atoms with Gasteiger partial charge in [-0.2, -0.15) is 0 Å². The molecule has 0 aliphatic carbocycles. The van der Waals surface area contributed by atoms with E-state index in [1.54, 1.807) is 0 Å². The van der Waals surface area contributed by atoms with Crippen LogP contribution in [0.2, 0.25) is 0 Å². The van der Waals surface area contributed by atoms with E-state index in [1.165, 1.54) is 0 Å². The fourth-order valence-electron chi connectivity index (χ4n) is 1.66. The number of amides is 1. The number of cyclic esters (lactones) is 1. The lowest BCUT2D eigenvalue weighted by atomic mass is 9.93. The second kappa shape index (κ2) is 2.70. The van der Waals surface area contributed by atoms with Crippen molar-refractivity contribution in [2.75, 3.05) is 19.7 Å². The first kappa shape index (κ1) is 6.91. The van der Waals surface area contributed by atoms with E-state index in [0.717, 1.165) is 19.5 Å². The maximum atomic E-state index is 10.8. The van der Waals surface area contributed by atoms with Gasteiger partial charge in [-0.3, -0.25) is 0 Å². The molecule has 2 fully saturated rings. The van der Waals surface area contributed by atoms with Gasteiger partial charge in [0.05, 0.1) is 6.61 Å². The quantitative estimate of drug-likeness (QED) is 0.506. The fraction of sp³-hybridized carbons (Fsp3) is 0.857. The molecule has 0 aromatic carbocycles. The number of piperidine rings is 1. The normalized spacial score (nSPS) is 36.9. The van der Waals surface area contributed by atoms with Crippen molar-refractivity contribution in [1.82, 2.24) is 10.6 Å². The largest absolute Gasteiger partial charge is 0.449 e. The van der Waals surface area contributed by atoms with Crippen LogP contribution in [0.25, 0.3) is 0 Å². The zero-order valence-corrected chi connectivity index (χ0v) is 6.30. The number of rotatable bonds is 0. The van der Waals surface area contributed by atoms with E-state index in [-0.39, 0.29) is 6.09 Å². The highest BCUT2D eigenvalue weighted by atomic mass is 16.6. The van der Waals surface area contributed by atoms with Crippen molar-refractivity contribution in [3.63, 3.8) is 0 Å². The monoisotopic (exact) mass is 156 g/mol. The molecule has 2 rings (SSSR count). The summed E-state index contributed by atoms with van der Waals surface area (Å²) in [5, 5.41) is 6.08. The summed E-state index contributed by atoms with van der Waals surface area (Å²) in [6.45, 7) is 2.54. The minimum atomic E-state index is -0.256. The zero-order valence-electron chi connectivity index (χ0n) is 6.30. The van der Waals surface area contributed by atoms with Crippen molar-refractivity contribution < 1.29 is 9.53 Å². The second-order valence-corrected chi connectivity index (χ2v) is 3.10. The molecule has 62 valence electrons. The van der Waals surface area contributed by atoms with Crippen molar-refractivity contribution >= 4 is 6.09 Å². The molecule has 0 aromatic rings. The Kier molecular flexibility index (Phi) is 1.69. The summed E-state index contributed by atoms with van der Waals surface area (Å²) in [4.78, 5) is 10.8. The van der Waals surface area contributed by atoms with E-state index in [1.807, 2.05) is 0 Å². The highest BCUT2D eigenvalue weighted by molar-refractivity contribution is 5.68. The number of hydrogen-bond donors (Lipinski definition) is 2. The summed E-state index contributed by atoms with van der Waals surface area (Å²) in [5.74, 6) is 0.474. The number of nitrogens with one attached hydrogen (secondary N) is 2. The van der Waals surface area contributed by atoms with Crippen molar-refractivity contribution in [3.8, 4) is 0 Å². The summed E-state index contributed by atoms with van der Waals surface area (Å²) < 4.78 is 4.86. The van der Waals surface area contributed by atoms with Gasteiger partial charge in [-0.25, -0.2) is 4.79 Å². The Morgan fingerprint density at radius 1 is 1.55 bits per heavy atom. The lowest BCUT2D eigenvalue weighted by Crippen LogP contribution is -2.55. The maximum absolute atomic E-state index is 10.8. The molecule has 2 saturated heterocycles. The van der Waals surface area contributed by atoms with Gasteiger partial charge in [0, 0.05) is 18.5 Å². The first-order valence-corrected chi connectivity index (χ1v) is 4.00. The number of alkyl carbamates (subject to hydrolysis) is 1. The Labute approximate surface area is 65.3 Å². The molecule has 2 aliphatic heterocycles. The molecular formula is C7H12N2O2. The van der Waals surface area contributed by atoms with Gasteiger partial charge in [-0.05, 0) is 13.0 Å². The van der Waals surface area contributed by atoms with Gasteiger partial charge >= 0.3 is 6.09 Å². The zero-order chi connectivity index (χ0) is 7.68. The van der Waals surface area contributed by atoms with Crippen molar-refractivity contribution in [2.24, 2.45) is 5.92 Å². The van der Waals surface area contributed by atoms with Gasteiger partial charge in [-0.1, -0.05) is 0 Å². The molecule has 4 heteroatoms. The predicted octanol–water partition coefficient (Wildman–Crippen LogP) is -0.296. The van der Waals surface area contributed by atoms with Gasteiger partial charge in [0.25, 0.3) is 0 Å². The summed E-state index contributed by atoms with van der Waals surface area (Å²) in [7, 11) is 0. The van der Waals surface area contributed by atoms with E-state index in [2.05, 4.69) is 10.6 Å². The second-order valence-electron chi connectivity index (χ2n) is 3.10. The number of carbonyl (C=O) groups is 1. The molecule has 2 heterocycles. The van der Waals surface area contributed by atoms with Crippen LogP contribution in [0.1, 0.15) is 6.42 Å². The van der Waals surface area contributed by atoms with E-state index in [4.69, 9.17) is 4.74 Å². The molecule has 0 unspecified atom stereocenters. The first-order chi connectivity index (χ1) is 5.36. The van der Waals surface area contributed by atoms with Crippen molar-refractivity contribution in [3.05, 3.63) is 0 Å². The number of fused-ring (bicyclic) bond motifs is 1. The Bertz CT molecular complexity index is 172. The topological polar surface area (TPSA) is 50.4 Å². The maximum Gasteiger partial charge on any atom is 0.407 e. The summed E-state index contributed by atoms with van der Waals surface area (Å²) in [6.07, 6.45) is 0.771. The minimum Gasteiger partial charge on any atom is -0.449 e. The average molecular weight is 156 g/mol. The minimum absolute atomic E-state index is 0.256. The van der Waals surface area contributed by atoms with E-state index < -0.39 is 0 Å². The molecule has 1 amide bonds.